The number of aromatic hydroxyl groups is 3. The van der Waals surface area contributed by atoms with Crippen LogP contribution >= 0.6 is 0 Å². The summed E-state index contributed by atoms with van der Waals surface area (Å²) >= 11 is 0. The highest BCUT2D eigenvalue weighted by Gasteiger charge is 2.38. The molecule has 0 unspecified atom stereocenters. The van der Waals surface area contributed by atoms with Crippen LogP contribution in [0.25, 0.3) is 0 Å². The fourth-order valence-corrected chi connectivity index (χ4v) is 2.82. The zero-order chi connectivity index (χ0) is 17.8. The molecule has 7 nitrogen and oxygen atoms in total. The first kappa shape index (κ1) is 15.7. The molecular formula is C17H14O7. The second-order valence-electron chi connectivity index (χ2n) is 5.33. The van der Waals surface area contributed by atoms with Crippen LogP contribution in [0.1, 0.15) is 37.4 Å². The van der Waals surface area contributed by atoms with Gasteiger partial charge in [-0.1, -0.05) is 0 Å². The van der Waals surface area contributed by atoms with Crippen LogP contribution in [0.15, 0.2) is 12.1 Å². The van der Waals surface area contributed by atoms with E-state index in [0.717, 1.165) is 6.07 Å². The summed E-state index contributed by atoms with van der Waals surface area (Å²) in [7, 11) is 2.61. The van der Waals surface area contributed by atoms with E-state index in [9.17, 15) is 24.9 Å². The van der Waals surface area contributed by atoms with E-state index in [0.29, 0.717) is 0 Å². The van der Waals surface area contributed by atoms with E-state index in [-0.39, 0.29) is 45.1 Å². The maximum Gasteiger partial charge on any atom is 0.203 e. The third-order valence-electron chi connectivity index (χ3n) is 4.11. The van der Waals surface area contributed by atoms with Gasteiger partial charge in [-0.3, -0.25) is 9.59 Å². The fraction of sp³-hybridized carbons (Fsp3) is 0.176. The van der Waals surface area contributed by atoms with E-state index in [1.807, 2.05) is 0 Å². The molecule has 0 aromatic heterocycles. The molecule has 0 heterocycles. The largest absolute Gasteiger partial charge is 0.508 e. The molecule has 0 atom stereocenters. The van der Waals surface area contributed by atoms with Crippen LogP contribution < -0.4 is 9.47 Å². The maximum atomic E-state index is 12.8. The molecule has 0 saturated heterocycles. The number of phenolic OH excluding ortho intramolecular Hbond substituents is 3. The van der Waals surface area contributed by atoms with Crippen LogP contribution in [-0.2, 0) is 0 Å². The highest BCUT2D eigenvalue weighted by Crippen LogP contribution is 2.47. The smallest absolute Gasteiger partial charge is 0.203 e. The second kappa shape index (κ2) is 5.16. The Morgan fingerprint density at radius 3 is 1.92 bits per heavy atom. The Balaban J connectivity index is 2.40. The minimum atomic E-state index is -0.705. The summed E-state index contributed by atoms with van der Waals surface area (Å²) in [5.41, 5.74) is -0.677. The molecule has 3 rings (SSSR count). The zero-order valence-electron chi connectivity index (χ0n) is 13.1. The molecule has 0 aliphatic heterocycles. The van der Waals surface area contributed by atoms with E-state index in [1.54, 1.807) is 0 Å². The molecular weight excluding hydrogens is 316 g/mol. The number of hydrogen-bond acceptors (Lipinski definition) is 7. The molecule has 7 heteroatoms. The van der Waals surface area contributed by atoms with Crippen molar-refractivity contribution in [2.24, 2.45) is 0 Å². The van der Waals surface area contributed by atoms with Crippen LogP contribution in [0.5, 0.6) is 28.7 Å². The molecule has 0 radical (unpaired) electrons. The summed E-state index contributed by atoms with van der Waals surface area (Å²) in [6.07, 6.45) is 0. The average Bonchev–Trinajstić information content (AvgIpc) is 2.56. The molecule has 2 aromatic rings. The third-order valence-corrected chi connectivity index (χ3v) is 4.11. The van der Waals surface area contributed by atoms with E-state index < -0.39 is 23.1 Å². The number of benzene rings is 2. The van der Waals surface area contributed by atoms with Gasteiger partial charge in [-0.2, -0.15) is 0 Å². The monoisotopic (exact) mass is 330 g/mol. The van der Waals surface area contributed by atoms with Crippen molar-refractivity contribution >= 4 is 11.6 Å². The topological polar surface area (TPSA) is 113 Å². The number of phenols is 3. The van der Waals surface area contributed by atoms with Crippen molar-refractivity contribution in [3.8, 4) is 28.7 Å². The Bertz CT molecular complexity index is 910. The predicted octanol–water partition coefficient (Wildman–Crippen LogP) is 1.90. The normalized spacial score (nSPS) is 12.6. The molecule has 0 spiro atoms. The summed E-state index contributed by atoms with van der Waals surface area (Å²) in [4.78, 5) is 25.5. The number of rotatable bonds is 2. The lowest BCUT2D eigenvalue weighted by Gasteiger charge is -2.22. The van der Waals surface area contributed by atoms with Gasteiger partial charge in [0.25, 0.3) is 0 Å². The Morgan fingerprint density at radius 2 is 1.38 bits per heavy atom. The first-order chi connectivity index (χ1) is 11.3. The highest BCUT2D eigenvalue weighted by atomic mass is 16.5. The number of methoxy groups -OCH3 is 2. The van der Waals surface area contributed by atoms with Gasteiger partial charge in [0.05, 0.1) is 25.3 Å². The average molecular weight is 330 g/mol. The number of ketones is 2. The van der Waals surface area contributed by atoms with Crippen molar-refractivity contribution in [2.45, 2.75) is 6.92 Å². The van der Waals surface area contributed by atoms with Crippen LogP contribution in [0.3, 0.4) is 0 Å². The third kappa shape index (κ3) is 1.84. The van der Waals surface area contributed by atoms with E-state index in [2.05, 4.69) is 0 Å². The Kier molecular flexibility index (Phi) is 3.37. The van der Waals surface area contributed by atoms with E-state index in [1.165, 1.54) is 27.2 Å². The van der Waals surface area contributed by atoms with Crippen molar-refractivity contribution in [2.75, 3.05) is 14.2 Å². The molecule has 0 bridgehead atoms. The highest BCUT2D eigenvalue weighted by molar-refractivity contribution is 6.30. The number of hydrogen-bond donors (Lipinski definition) is 3. The van der Waals surface area contributed by atoms with Gasteiger partial charge in [0.15, 0.2) is 23.1 Å². The van der Waals surface area contributed by atoms with Crippen molar-refractivity contribution in [3.05, 3.63) is 39.9 Å². The molecule has 0 saturated carbocycles. The Hall–Kier alpha value is -3.22. The van der Waals surface area contributed by atoms with Gasteiger partial charge in [-0.05, 0) is 19.1 Å². The molecule has 124 valence electrons. The van der Waals surface area contributed by atoms with Crippen molar-refractivity contribution in [3.63, 3.8) is 0 Å². The Labute approximate surface area is 136 Å². The van der Waals surface area contributed by atoms with E-state index in [4.69, 9.17) is 9.47 Å². The van der Waals surface area contributed by atoms with Crippen LogP contribution in [0.2, 0.25) is 0 Å². The number of carbonyl (C=O) groups is 2. The number of fused-ring (bicyclic) bond motifs is 2. The molecule has 1 aliphatic carbocycles. The molecule has 1 aliphatic rings. The van der Waals surface area contributed by atoms with Crippen molar-refractivity contribution < 1.29 is 34.4 Å². The van der Waals surface area contributed by atoms with Gasteiger partial charge in [0.1, 0.15) is 11.5 Å². The minimum Gasteiger partial charge on any atom is -0.508 e. The standard InChI is InChI=1S/C17H14O7/c1-6-9(18)4-7-11(13(6)19)15(21)8-5-10(23-2)17(24-3)16(22)12(8)14(7)20/h4-5,18-19,22H,1-3H3. The predicted molar refractivity (Wildman–Crippen MR) is 82.6 cm³/mol. The first-order valence-corrected chi connectivity index (χ1v) is 6.96. The maximum absolute atomic E-state index is 12.8. The summed E-state index contributed by atoms with van der Waals surface area (Å²) in [5, 5.41) is 30.4. The van der Waals surface area contributed by atoms with Gasteiger partial charge in [-0.15, -0.1) is 0 Å². The molecule has 0 fully saturated rings. The van der Waals surface area contributed by atoms with Crippen LogP contribution in [0, 0.1) is 6.92 Å². The van der Waals surface area contributed by atoms with Gasteiger partial charge >= 0.3 is 0 Å². The molecule has 2 aromatic carbocycles. The molecule has 24 heavy (non-hydrogen) atoms. The van der Waals surface area contributed by atoms with Gasteiger partial charge < -0.3 is 24.8 Å². The van der Waals surface area contributed by atoms with E-state index >= 15 is 0 Å². The summed E-state index contributed by atoms with van der Waals surface area (Å²) in [6.45, 7) is 1.42. The van der Waals surface area contributed by atoms with Crippen LogP contribution in [0.4, 0.5) is 0 Å². The Morgan fingerprint density at radius 1 is 0.833 bits per heavy atom. The second-order valence-corrected chi connectivity index (χ2v) is 5.33. The number of ether oxygens (including phenoxy) is 2. The summed E-state index contributed by atoms with van der Waals surface area (Å²) < 4.78 is 10.1. The zero-order valence-corrected chi connectivity index (χ0v) is 13.1. The molecule has 3 N–H and O–H groups in total. The quantitative estimate of drug-likeness (QED) is 0.657. The summed E-state index contributed by atoms with van der Waals surface area (Å²) in [5.74, 6) is -2.69. The SMILES string of the molecule is COc1cc2c(c(O)c1OC)C(=O)c1cc(O)c(C)c(O)c1C2=O. The molecule has 0 amide bonds. The van der Waals surface area contributed by atoms with Gasteiger partial charge in [0.2, 0.25) is 5.75 Å². The fourth-order valence-electron chi connectivity index (χ4n) is 2.82. The lowest BCUT2D eigenvalue weighted by molar-refractivity contribution is 0.0972. The van der Waals surface area contributed by atoms with Crippen molar-refractivity contribution in [1.82, 2.24) is 0 Å². The van der Waals surface area contributed by atoms with Crippen molar-refractivity contribution in [1.29, 1.82) is 0 Å². The van der Waals surface area contributed by atoms with Gasteiger partial charge in [0, 0.05) is 16.7 Å². The number of carbonyl (C=O) groups excluding carboxylic acids is 2. The van der Waals surface area contributed by atoms with Gasteiger partial charge in [-0.25, -0.2) is 0 Å². The lowest BCUT2D eigenvalue weighted by Crippen LogP contribution is -2.22. The lowest BCUT2D eigenvalue weighted by atomic mass is 9.81. The summed E-state index contributed by atoms with van der Waals surface area (Å²) in [6, 6.07) is 2.38. The van der Waals surface area contributed by atoms with Crippen LogP contribution in [-0.4, -0.2) is 41.1 Å². The minimum absolute atomic E-state index is 0.0772. The first-order valence-electron chi connectivity index (χ1n) is 6.96.